The molecule has 2 amide bonds. The Morgan fingerprint density at radius 3 is 2.62 bits per heavy atom. The molecule has 0 aromatic rings. The number of hydrogen-bond acceptors (Lipinski definition) is 3. The zero-order valence-corrected chi connectivity index (χ0v) is 16.0. The van der Waals surface area contributed by atoms with Gasteiger partial charge in [0.25, 0.3) is 0 Å². The smallest absolute Gasteiger partial charge is 0.237 e. The standard InChI is InChI=1S/C21H35N3O2/c25-20(19-9-4-10-22-19)23-13-15-6-5-11-24(14-15)21(26)18-12-17(18)16-7-2-1-3-8-16/h15-19,22H,1-14H2,(H,23,25). The van der Waals surface area contributed by atoms with Gasteiger partial charge in [0.1, 0.15) is 0 Å². The summed E-state index contributed by atoms with van der Waals surface area (Å²) in [6, 6.07) is -0.000888. The van der Waals surface area contributed by atoms with Gasteiger partial charge in [-0.1, -0.05) is 32.1 Å². The molecule has 0 bridgehead atoms. The summed E-state index contributed by atoms with van der Waals surface area (Å²) >= 11 is 0. The summed E-state index contributed by atoms with van der Waals surface area (Å²) in [5, 5.41) is 6.37. The zero-order valence-electron chi connectivity index (χ0n) is 16.0. The van der Waals surface area contributed by atoms with E-state index < -0.39 is 0 Å². The van der Waals surface area contributed by atoms with Crippen molar-refractivity contribution in [1.29, 1.82) is 0 Å². The minimum atomic E-state index is -0.000888. The van der Waals surface area contributed by atoms with E-state index in [4.69, 9.17) is 0 Å². The number of nitrogens with one attached hydrogen (secondary N) is 2. The summed E-state index contributed by atoms with van der Waals surface area (Å²) in [4.78, 5) is 27.2. The van der Waals surface area contributed by atoms with Gasteiger partial charge in [-0.15, -0.1) is 0 Å². The van der Waals surface area contributed by atoms with Gasteiger partial charge in [-0.25, -0.2) is 0 Å². The van der Waals surface area contributed by atoms with Crippen LogP contribution in [0.5, 0.6) is 0 Å². The monoisotopic (exact) mass is 361 g/mol. The molecule has 4 rings (SSSR count). The first-order valence-electron chi connectivity index (χ1n) is 11.0. The van der Waals surface area contributed by atoms with E-state index in [1.54, 1.807) is 0 Å². The minimum absolute atomic E-state index is 0.000888. The highest BCUT2D eigenvalue weighted by Crippen LogP contribution is 2.50. The van der Waals surface area contributed by atoms with E-state index in [2.05, 4.69) is 15.5 Å². The second-order valence-electron chi connectivity index (χ2n) is 9.09. The molecule has 4 fully saturated rings. The molecule has 5 nitrogen and oxygen atoms in total. The van der Waals surface area contributed by atoms with Gasteiger partial charge in [0.15, 0.2) is 0 Å². The van der Waals surface area contributed by atoms with E-state index in [0.29, 0.717) is 23.7 Å². The lowest BCUT2D eigenvalue weighted by Gasteiger charge is -2.33. The fourth-order valence-electron chi connectivity index (χ4n) is 5.52. The van der Waals surface area contributed by atoms with Gasteiger partial charge in [-0.2, -0.15) is 0 Å². The normalized spacial score (nSPS) is 35.3. The van der Waals surface area contributed by atoms with Gasteiger partial charge in [0.05, 0.1) is 6.04 Å². The van der Waals surface area contributed by atoms with Crippen LogP contribution >= 0.6 is 0 Å². The molecule has 26 heavy (non-hydrogen) atoms. The van der Waals surface area contributed by atoms with Crippen LogP contribution in [0.15, 0.2) is 0 Å². The summed E-state index contributed by atoms with van der Waals surface area (Å²) in [5.74, 6) is 2.78. The van der Waals surface area contributed by atoms with E-state index in [1.165, 1.54) is 32.1 Å². The Labute approximate surface area is 157 Å². The first-order valence-corrected chi connectivity index (χ1v) is 11.0. The number of carbonyl (C=O) groups excluding carboxylic acids is 2. The van der Waals surface area contributed by atoms with E-state index in [1.807, 2.05) is 0 Å². The predicted octanol–water partition coefficient (Wildman–Crippen LogP) is 2.31. The van der Waals surface area contributed by atoms with Gasteiger partial charge in [-0.05, 0) is 56.4 Å². The SMILES string of the molecule is O=C(NCC1CCCN(C(=O)C2CC2C2CCCCC2)C1)C1CCCN1. The molecule has 2 saturated carbocycles. The van der Waals surface area contributed by atoms with Crippen LogP contribution < -0.4 is 10.6 Å². The number of rotatable bonds is 5. The summed E-state index contributed by atoms with van der Waals surface area (Å²) in [5.41, 5.74) is 0. The van der Waals surface area contributed by atoms with Crippen LogP contribution in [-0.4, -0.2) is 48.9 Å². The van der Waals surface area contributed by atoms with Crippen LogP contribution in [-0.2, 0) is 9.59 Å². The molecule has 2 heterocycles. The molecule has 4 unspecified atom stereocenters. The lowest BCUT2D eigenvalue weighted by molar-refractivity contribution is -0.134. The van der Waals surface area contributed by atoms with Crippen LogP contribution in [0.1, 0.15) is 64.2 Å². The predicted molar refractivity (Wildman–Crippen MR) is 102 cm³/mol. The maximum Gasteiger partial charge on any atom is 0.237 e. The van der Waals surface area contributed by atoms with Crippen molar-refractivity contribution in [3.05, 3.63) is 0 Å². The summed E-state index contributed by atoms with van der Waals surface area (Å²) < 4.78 is 0. The molecule has 0 aromatic heterocycles. The first kappa shape index (κ1) is 18.3. The highest BCUT2D eigenvalue weighted by molar-refractivity contribution is 5.82. The first-order chi connectivity index (χ1) is 12.7. The highest BCUT2D eigenvalue weighted by Gasteiger charge is 2.49. The third-order valence-electron chi connectivity index (χ3n) is 7.18. The van der Waals surface area contributed by atoms with E-state index in [0.717, 1.165) is 64.2 Å². The third-order valence-corrected chi connectivity index (χ3v) is 7.18. The van der Waals surface area contributed by atoms with Crippen molar-refractivity contribution in [2.24, 2.45) is 23.7 Å². The molecule has 2 aliphatic carbocycles. The van der Waals surface area contributed by atoms with E-state index in [9.17, 15) is 9.59 Å². The van der Waals surface area contributed by atoms with Crippen LogP contribution in [0.2, 0.25) is 0 Å². The van der Waals surface area contributed by atoms with Crippen LogP contribution in [0.25, 0.3) is 0 Å². The van der Waals surface area contributed by atoms with Gasteiger partial charge in [0.2, 0.25) is 11.8 Å². The number of nitrogens with zero attached hydrogens (tertiary/aromatic N) is 1. The summed E-state index contributed by atoms with van der Waals surface area (Å²) in [6.07, 6.45) is 12.2. The molecule has 0 spiro atoms. The number of amides is 2. The molecule has 5 heteroatoms. The van der Waals surface area contributed by atoms with Crippen molar-refractivity contribution in [2.75, 3.05) is 26.2 Å². The molecule has 4 aliphatic rings. The average molecular weight is 362 g/mol. The Hall–Kier alpha value is -1.10. The molecule has 0 aromatic carbocycles. The van der Waals surface area contributed by atoms with E-state index >= 15 is 0 Å². The molecule has 0 radical (unpaired) electrons. The Morgan fingerprint density at radius 1 is 1.00 bits per heavy atom. The molecule has 2 N–H and O–H groups in total. The molecular formula is C21H35N3O2. The third kappa shape index (κ3) is 4.24. The Bertz CT molecular complexity index is 511. The van der Waals surface area contributed by atoms with Crippen LogP contribution in [0.3, 0.4) is 0 Å². The second-order valence-corrected chi connectivity index (χ2v) is 9.09. The average Bonchev–Trinajstić information content (AvgIpc) is 3.30. The fraction of sp³-hybridized carbons (Fsp3) is 0.905. The molecule has 2 aliphatic heterocycles. The second kappa shape index (κ2) is 8.28. The highest BCUT2D eigenvalue weighted by atomic mass is 16.2. The largest absolute Gasteiger partial charge is 0.354 e. The van der Waals surface area contributed by atoms with Crippen molar-refractivity contribution in [3.63, 3.8) is 0 Å². The van der Waals surface area contributed by atoms with Crippen molar-refractivity contribution in [2.45, 2.75) is 70.3 Å². The maximum atomic E-state index is 12.9. The topological polar surface area (TPSA) is 61.4 Å². The van der Waals surface area contributed by atoms with Crippen LogP contribution in [0.4, 0.5) is 0 Å². The molecule has 2 saturated heterocycles. The van der Waals surface area contributed by atoms with Crippen LogP contribution in [0, 0.1) is 23.7 Å². The molecule has 4 atom stereocenters. The summed E-state index contributed by atoms with van der Waals surface area (Å²) in [7, 11) is 0. The molecular weight excluding hydrogens is 326 g/mol. The number of hydrogen-bond donors (Lipinski definition) is 2. The quantitative estimate of drug-likeness (QED) is 0.790. The maximum absolute atomic E-state index is 12.9. The molecule has 146 valence electrons. The van der Waals surface area contributed by atoms with Crippen molar-refractivity contribution in [3.8, 4) is 0 Å². The van der Waals surface area contributed by atoms with Gasteiger partial charge in [-0.3, -0.25) is 9.59 Å². The number of likely N-dealkylation sites (tertiary alicyclic amines) is 1. The number of piperidine rings is 1. The van der Waals surface area contributed by atoms with Crippen molar-refractivity contribution in [1.82, 2.24) is 15.5 Å². The van der Waals surface area contributed by atoms with Crippen molar-refractivity contribution < 1.29 is 9.59 Å². The lowest BCUT2D eigenvalue weighted by atomic mass is 9.85. The van der Waals surface area contributed by atoms with Gasteiger partial charge >= 0.3 is 0 Å². The van der Waals surface area contributed by atoms with Crippen molar-refractivity contribution >= 4 is 11.8 Å². The van der Waals surface area contributed by atoms with Gasteiger partial charge < -0.3 is 15.5 Å². The number of carbonyl (C=O) groups is 2. The van der Waals surface area contributed by atoms with Gasteiger partial charge in [0, 0.05) is 25.6 Å². The lowest BCUT2D eigenvalue weighted by Crippen LogP contribution is -2.47. The fourth-order valence-corrected chi connectivity index (χ4v) is 5.52. The summed E-state index contributed by atoms with van der Waals surface area (Å²) in [6.45, 7) is 3.43. The Morgan fingerprint density at radius 2 is 1.85 bits per heavy atom. The Balaban J connectivity index is 1.22. The van der Waals surface area contributed by atoms with E-state index in [-0.39, 0.29) is 11.9 Å². The minimum Gasteiger partial charge on any atom is -0.354 e. The zero-order chi connectivity index (χ0) is 17.9. The Kier molecular flexibility index (Phi) is 5.82.